The highest BCUT2D eigenvalue weighted by atomic mass is 16.5. The number of hydrogen-bond acceptors (Lipinski definition) is 1. The summed E-state index contributed by atoms with van der Waals surface area (Å²) >= 11 is 0. The highest BCUT2D eigenvalue weighted by molar-refractivity contribution is 5.06. The molecule has 0 aromatic heterocycles. The molecular formula is C10H18O. The Bertz CT molecular complexity index is 134. The van der Waals surface area contributed by atoms with Gasteiger partial charge in [0.05, 0.1) is 6.10 Å². The molecule has 0 unspecified atom stereocenters. The summed E-state index contributed by atoms with van der Waals surface area (Å²) in [6, 6.07) is 0. The van der Waals surface area contributed by atoms with Crippen LogP contribution < -0.4 is 0 Å². The van der Waals surface area contributed by atoms with Crippen molar-refractivity contribution in [1.29, 1.82) is 0 Å². The molecule has 0 fully saturated rings. The molecular weight excluding hydrogens is 136 g/mol. The maximum Gasteiger partial charge on any atom is 0.112 e. The van der Waals surface area contributed by atoms with Gasteiger partial charge in [0.1, 0.15) is 5.76 Å². The molecule has 11 heavy (non-hydrogen) atoms. The Labute approximate surface area is 69.8 Å². The van der Waals surface area contributed by atoms with Gasteiger partial charge in [-0.2, -0.15) is 0 Å². The fourth-order valence-corrected chi connectivity index (χ4v) is 0.723. The quantitative estimate of drug-likeness (QED) is 0.436. The smallest absolute Gasteiger partial charge is 0.112 e. The molecule has 0 saturated heterocycles. The normalized spacial score (nSPS) is 10.9. The average Bonchev–Trinajstić information content (AvgIpc) is 1.86. The fraction of sp³-hybridized carbons (Fsp3) is 0.600. The molecule has 0 saturated carbocycles. The molecule has 0 bridgehead atoms. The van der Waals surface area contributed by atoms with Crippen LogP contribution in [0.1, 0.15) is 33.6 Å². The summed E-state index contributed by atoms with van der Waals surface area (Å²) in [7, 11) is 0. The van der Waals surface area contributed by atoms with Crippen LogP contribution in [0.4, 0.5) is 0 Å². The van der Waals surface area contributed by atoms with Crippen molar-refractivity contribution in [1.82, 2.24) is 0 Å². The van der Waals surface area contributed by atoms with Crippen LogP contribution in [-0.4, -0.2) is 6.10 Å². The largest absolute Gasteiger partial charge is 0.492 e. The van der Waals surface area contributed by atoms with Gasteiger partial charge in [0.25, 0.3) is 0 Å². The Morgan fingerprint density at radius 1 is 1.55 bits per heavy atom. The maximum atomic E-state index is 5.32. The van der Waals surface area contributed by atoms with Gasteiger partial charge in [-0.3, -0.25) is 0 Å². The lowest BCUT2D eigenvalue weighted by molar-refractivity contribution is 0.159. The molecule has 64 valence electrons. The number of ether oxygens (including phenoxy) is 1. The molecule has 0 spiro atoms. The summed E-state index contributed by atoms with van der Waals surface area (Å²) in [6.07, 6.45) is 6.52. The molecule has 0 atom stereocenters. The zero-order chi connectivity index (χ0) is 8.69. The molecule has 0 radical (unpaired) electrons. The molecule has 0 amide bonds. The van der Waals surface area contributed by atoms with Crippen LogP contribution in [0.5, 0.6) is 0 Å². The molecule has 0 aromatic rings. The zero-order valence-corrected chi connectivity index (χ0v) is 7.76. The molecule has 0 aromatic carbocycles. The Hall–Kier alpha value is -0.720. The molecule has 0 aliphatic carbocycles. The third kappa shape index (κ3) is 7.17. The fourth-order valence-electron chi connectivity index (χ4n) is 0.723. The van der Waals surface area contributed by atoms with E-state index in [1.807, 2.05) is 19.9 Å². The lowest BCUT2D eigenvalue weighted by Gasteiger charge is -2.08. The lowest BCUT2D eigenvalue weighted by Crippen LogP contribution is -1.99. The molecule has 0 N–H and O–H groups in total. The summed E-state index contributed by atoms with van der Waals surface area (Å²) in [5.74, 6) is 0.758. The molecule has 0 aliphatic rings. The third-order valence-corrected chi connectivity index (χ3v) is 1.15. The van der Waals surface area contributed by atoms with Gasteiger partial charge in [-0.25, -0.2) is 0 Å². The van der Waals surface area contributed by atoms with Crippen molar-refractivity contribution in [2.45, 2.75) is 39.7 Å². The second-order valence-corrected chi connectivity index (χ2v) is 2.82. The van der Waals surface area contributed by atoms with Gasteiger partial charge >= 0.3 is 0 Å². The zero-order valence-electron chi connectivity index (χ0n) is 7.76. The SMILES string of the molecule is C=C(C=CCCC)OC(C)C. The van der Waals surface area contributed by atoms with Crippen LogP contribution in [0, 0.1) is 0 Å². The van der Waals surface area contributed by atoms with Crippen LogP contribution in [0.3, 0.4) is 0 Å². The van der Waals surface area contributed by atoms with Gasteiger partial charge in [-0.1, -0.05) is 26.0 Å². The van der Waals surface area contributed by atoms with Gasteiger partial charge in [-0.05, 0) is 26.3 Å². The van der Waals surface area contributed by atoms with E-state index in [2.05, 4.69) is 19.6 Å². The van der Waals surface area contributed by atoms with Crippen molar-refractivity contribution in [2.24, 2.45) is 0 Å². The lowest BCUT2D eigenvalue weighted by atomic mass is 10.3. The molecule has 0 rings (SSSR count). The van der Waals surface area contributed by atoms with E-state index in [-0.39, 0.29) is 6.10 Å². The maximum absolute atomic E-state index is 5.32. The number of rotatable bonds is 5. The summed E-state index contributed by atoms with van der Waals surface area (Å²) in [4.78, 5) is 0. The van der Waals surface area contributed by atoms with Crippen LogP contribution in [0.15, 0.2) is 24.5 Å². The van der Waals surface area contributed by atoms with Gasteiger partial charge in [0, 0.05) is 0 Å². The second-order valence-electron chi connectivity index (χ2n) is 2.82. The minimum atomic E-state index is 0.230. The van der Waals surface area contributed by atoms with E-state index < -0.39 is 0 Å². The average molecular weight is 154 g/mol. The summed E-state index contributed by atoms with van der Waals surface area (Å²) in [5.41, 5.74) is 0. The first-order chi connectivity index (χ1) is 5.16. The van der Waals surface area contributed by atoms with Crippen molar-refractivity contribution < 1.29 is 4.74 Å². The van der Waals surface area contributed by atoms with Gasteiger partial charge < -0.3 is 4.74 Å². The second kappa shape index (κ2) is 6.02. The topological polar surface area (TPSA) is 9.23 Å². The first-order valence-electron chi connectivity index (χ1n) is 4.19. The van der Waals surface area contributed by atoms with Crippen LogP contribution in [0.25, 0.3) is 0 Å². The van der Waals surface area contributed by atoms with E-state index in [0.29, 0.717) is 0 Å². The Balaban J connectivity index is 3.51. The van der Waals surface area contributed by atoms with E-state index in [1.54, 1.807) is 0 Å². The Morgan fingerprint density at radius 2 is 2.18 bits per heavy atom. The molecule has 1 heteroatoms. The summed E-state index contributed by atoms with van der Waals surface area (Å²) in [5, 5.41) is 0. The Kier molecular flexibility index (Phi) is 5.63. The monoisotopic (exact) mass is 154 g/mol. The van der Waals surface area contributed by atoms with Crippen molar-refractivity contribution >= 4 is 0 Å². The molecule has 1 nitrogen and oxygen atoms in total. The third-order valence-electron chi connectivity index (χ3n) is 1.15. The minimum absolute atomic E-state index is 0.230. The minimum Gasteiger partial charge on any atom is -0.492 e. The van der Waals surface area contributed by atoms with Crippen LogP contribution in [-0.2, 0) is 4.74 Å². The predicted octanol–water partition coefficient (Wildman–Crippen LogP) is 3.28. The van der Waals surface area contributed by atoms with Crippen molar-refractivity contribution in [3.63, 3.8) is 0 Å². The summed E-state index contributed by atoms with van der Waals surface area (Å²) < 4.78 is 5.32. The van der Waals surface area contributed by atoms with Crippen molar-refractivity contribution in [2.75, 3.05) is 0 Å². The van der Waals surface area contributed by atoms with Gasteiger partial charge in [0.2, 0.25) is 0 Å². The van der Waals surface area contributed by atoms with Crippen LogP contribution in [0.2, 0.25) is 0 Å². The first kappa shape index (κ1) is 10.3. The predicted molar refractivity (Wildman–Crippen MR) is 49.4 cm³/mol. The first-order valence-corrected chi connectivity index (χ1v) is 4.19. The number of allylic oxidation sites excluding steroid dienone is 2. The van der Waals surface area contributed by atoms with E-state index in [4.69, 9.17) is 4.74 Å². The number of hydrogen-bond donors (Lipinski definition) is 0. The van der Waals surface area contributed by atoms with E-state index in [0.717, 1.165) is 12.2 Å². The van der Waals surface area contributed by atoms with Crippen molar-refractivity contribution in [3.8, 4) is 0 Å². The number of unbranched alkanes of at least 4 members (excludes halogenated alkanes) is 1. The highest BCUT2D eigenvalue weighted by Gasteiger charge is 1.92. The molecule has 0 aliphatic heterocycles. The van der Waals surface area contributed by atoms with E-state index in [1.165, 1.54) is 6.42 Å². The van der Waals surface area contributed by atoms with Crippen LogP contribution >= 0.6 is 0 Å². The van der Waals surface area contributed by atoms with E-state index >= 15 is 0 Å². The van der Waals surface area contributed by atoms with Gasteiger partial charge in [0.15, 0.2) is 0 Å². The summed E-state index contributed by atoms with van der Waals surface area (Å²) in [6.45, 7) is 9.90. The van der Waals surface area contributed by atoms with E-state index in [9.17, 15) is 0 Å². The molecule has 0 heterocycles. The Morgan fingerprint density at radius 3 is 2.64 bits per heavy atom. The highest BCUT2D eigenvalue weighted by Crippen LogP contribution is 2.02. The van der Waals surface area contributed by atoms with Gasteiger partial charge in [-0.15, -0.1) is 0 Å². The standard InChI is InChI=1S/C10H18O/c1-5-6-7-8-10(4)11-9(2)3/h7-9H,4-6H2,1-3H3. The van der Waals surface area contributed by atoms with Crippen molar-refractivity contribution in [3.05, 3.63) is 24.5 Å².